The third kappa shape index (κ3) is 4.76. The first-order valence-corrected chi connectivity index (χ1v) is 15.3. The van der Waals surface area contributed by atoms with Crippen LogP contribution in [0.25, 0.3) is 27.1 Å². The normalized spacial score (nSPS) is 18.5. The molecule has 1 aromatic heterocycles. The third-order valence-electron chi connectivity index (χ3n) is 7.90. The molecule has 0 bridgehead atoms. The van der Waals surface area contributed by atoms with Crippen LogP contribution in [0.3, 0.4) is 0 Å². The molecule has 4 heteroatoms. The van der Waals surface area contributed by atoms with Crippen molar-refractivity contribution in [1.82, 2.24) is 0 Å². The molecule has 2 heterocycles. The molecule has 2 aliphatic rings. The van der Waals surface area contributed by atoms with Crippen LogP contribution in [-0.2, 0) is 7.05 Å². The minimum Gasteiger partial charge on any atom is -0.335 e. The lowest BCUT2D eigenvalue weighted by atomic mass is 9.99. The second kappa shape index (κ2) is 10.6. The zero-order valence-electron chi connectivity index (χ0n) is 22.8. The smallest absolute Gasteiger partial charge is 0.262 e. The number of fused-ring (bicyclic) bond motifs is 3. The molecular weight excluding hydrogens is 501 g/mol. The number of anilines is 1. The molecule has 0 atom stereocenters. The van der Waals surface area contributed by atoms with Crippen LogP contribution in [-0.4, -0.2) is 6.54 Å². The number of hydrogen-bond acceptors (Lipinski definition) is 3. The number of allylic oxidation sites excluding steroid dienone is 6. The SMILES string of the molecule is CCN1C(=CC=C2CCCCC(C=Cc3sc4cc5ccccc5cc4[n+]3C)=C2C)Sc2ccc(C)cc21. The van der Waals surface area contributed by atoms with Crippen molar-refractivity contribution in [3.05, 3.63) is 105 Å². The van der Waals surface area contributed by atoms with Crippen molar-refractivity contribution in [3.8, 4) is 0 Å². The highest BCUT2D eigenvalue weighted by Gasteiger charge is 2.23. The Kier molecular flexibility index (Phi) is 7.03. The first kappa shape index (κ1) is 25.2. The van der Waals surface area contributed by atoms with Gasteiger partial charge in [-0.2, -0.15) is 4.57 Å². The van der Waals surface area contributed by atoms with Gasteiger partial charge in [-0.05, 0) is 104 Å². The lowest BCUT2D eigenvalue weighted by Gasteiger charge is -2.18. The molecule has 0 N–H and O–H groups in total. The minimum absolute atomic E-state index is 0.989. The Morgan fingerprint density at radius 3 is 2.53 bits per heavy atom. The number of aromatic nitrogens is 1. The van der Waals surface area contributed by atoms with E-state index in [-0.39, 0.29) is 0 Å². The highest BCUT2D eigenvalue weighted by Crippen LogP contribution is 2.46. The van der Waals surface area contributed by atoms with E-state index in [2.05, 4.69) is 116 Å². The first-order chi connectivity index (χ1) is 18.5. The van der Waals surface area contributed by atoms with Crippen molar-refractivity contribution < 1.29 is 4.57 Å². The van der Waals surface area contributed by atoms with Gasteiger partial charge in [-0.25, -0.2) is 0 Å². The average Bonchev–Trinajstić information content (AvgIpc) is 3.36. The molecule has 0 amide bonds. The molecule has 0 unspecified atom stereocenters. The fourth-order valence-corrected chi connectivity index (χ4v) is 7.82. The predicted octanol–water partition coefficient (Wildman–Crippen LogP) is 9.49. The van der Waals surface area contributed by atoms with Crippen LogP contribution in [0.2, 0.25) is 0 Å². The van der Waals surface area contributed by atoms with E-state index in [9.17, 15) is 0 Å². The maximum atomic E-state index is 2.45. The summed E-state index contributed by atoms with van der Waals surface area (Å²) in [5.41, 5.74) is 8.37. The van der Waals surface area contributed by atoms with Gasteiger partial charge in [-0.15, -0.1) is 0 Å². The van der Waals surface area contributed by atoms with Gasteiger partial charge in [0, 0.05) is 23.6 Å². The molecule has 38 heavy (non-hydrogen) atoms. The largest absolute Gasteiger partial charge is 0.335 e. The van der Waals surface area contributed by atoms with Gasteiger partial charge < -0.3 is 4.90 Å². The number of rotatable bonds is 4. The molecule has 1 aliphatic heterocycles. The highest BCUT2D eigenvalue weighted by molar-refractivity contribution is 8.03. The van der Waals surface area contributed by atoms with E-state index in [4.69, 9.17) is 0 Å². The second-order valence-electron chi connectivity index (χ2n) is 10.4. The van der Waals surface area contributed by atoms with Crippen LogP contribution in [0.5, 0.6) is 0 Å². The van der Waals surface area contributed by atoms with E-state index < -0.39 is 0 Å². The quantitative estimate of drug-likeness (QED) is 0.240. The molecule has 0 fully saturated rings. The van der Waals surface area contributed by atoms with E-state index >= 15 is 0 Å². The van der Waals surface area contributed by atoms with Crippen molar-refractivity contribution in [2.24, 2.45) is 7.05 Å². The molecule has 2 nitrogen and oxygen atoms in total. The zero-order chi connectivity index (χ0) is 26.2. The topological polar surface area (TPSA) is 7.12 Å². The first-order valence-electron chi connectivity index (χ1n) is 13.7. The van der Waals surface area contributed by atoms with Gasteiger partial charge in [0.25, 0.3) is 5.01 Å². The number of nitrogens with zero attached hydrogens (tertiary/aromatic N) is 2. The molecule has 1 aliphatic carbocycles. The molecule has 192 valence electrons. The number of thioether (sulfide) groups is 1. The Balaban J connectivity index is 1.30. The Bertz CT molecular complexity index is 1660. The standard InChI is InChI=1S/C34H35N2S2/c1-5-36-30-20-23(2)14-17-31(30)37-34(36)19-16-26-11-7-6-10-25(24(26)3)15-18-33-35(4)29-21-27-12-8-9-13-28(27)22-32(29)38-33/h8-9,12-22H,5-7,10-11H2,1-4H3/q+1. The van der Waals surface area contributed by atoms with Crippen LogP contribution < -0.4 is 9.47 Å². The lowest BCUT2D eigenvalue weighted by molar-refractivity contribution is -0.642. The average molecular weight is 536 g/mol. The lowest BCUT2D eigenvalue weighted by Crippen LogP contribution is -2.28. The summed E-state index contributed by atoms with van der Waals surface area (Å²) in [6.07, 6.45) is 14.3. The van der Waals surface area contributed by atoms with E-state index in [1.165, 1.54) is 76.7 Å². The van der Waals surface area contributed by atoms with Gasteiger partial charge in [0.05, 0.1) is 10.7 Å². The maximum absolute atomic E-state index is 2.45. The van der Waals surface area contributed by atoms with Gasteiger partial charge >= 0.3 is 0 Å². The molecule has 0 saturated carbocycles. The molecule has 4 aromatic rings. The second-order valence-corrected chi connectivity index (χ2v) is 12.5. The fourth-order valence-electron chi connectivity index (χ4n) is 5.63. The van der Waals surface area contributed by atoms with Gasteiger partial charge in [0.2, 0.25) is 5.52 Å². The Hall–Kier alpha value is -3.08. The summed E-state index contributed by atoms with van der Waals surface area (Å²) in [6, 6.07) is 20.1. The number of aryl methyl sites for hydroxylation is 2. The van der Waals surface area contributed by atoms with E-state index in [0.717, 1.165) is 19.4 Å². The Labute approximate surface area is 234 Å². The van der Waals surface area contributed by atoms with Crippen LogP contribution in [0.4, 0.5) is 5.69 Å². The predicted molar refractivity (Wildman–Crippen MR) is 167 cm³/mol. The summed E-state index contributed by atoms with van der Waals surface area (Å²) < 4.78 is 3.68. The minimum atomic E-state index is 0.989. The fraction of sp³-hybridized carbons (Fsp3) is 0.265. The molecule has 6 rings (SSSR count). The van der Waals surface area contributed by atoms with Crippen LogP contribution >= 0.6 is 23.1 Å². The van der Waals surface area contributed by atoms with Crippen LogP contribution in [0.1, 0.15) is 50.1 Å². The van der Waals surface area contributed by atoms with Crippen molar-refractivity contribution in [3.63, 3.8) is 0 Å². The summed E-state index contributed by atoms with van der Waals surface area (Å²) >= 11 is 3.78. The zero-order valence-corrected chi connectivity index (χ0v) is 24.4. The summed E-state index contributed by atoms with van der Waals surface area (Å²) in [7, 11) is 2.19. The molecule has 0 radical (unpaired) electrons. The van der Waals surface area contributed by atoms with Crippen LogP contribution in [0.15, 0.2) is 99.5 Å². The van der Waals surface area contributed by atoms with Crippen molar-refractivity contribution in [2.45, 2.75) is 51.3 Å². The monoisotopic (exact) mass is 535 g/mol. The number of hydrogen-bond donors (Lipinski definition) is 0. The van der Waals surface area contributed by atoms with Crippen molar-refractivity contribution >= 4 is 55.9 Å². The summed E-state index contributed by atoms with van der Waals surface area (Å²) in [5.74, 6) is 0. The van der Waals surface area contributed by atoms with Gasteiger partial charge in [0.15, 0.2) is 0 Å². The van der Waals surface area contributed by atoms with E-state index in [0.29, 0.717) is 0 Å². The Morgan fingerprint density at radius 2 is 1.71 bits per heavy atom. The van der Waals surface area contributed by atoms with Gasteiger partial charge in [-0.1, -0.05) is 65.6 Å². The highest BCUT2D eigenvalue weighted by atomic mass is 32.2. The van der Waals surface area contributed by atoms with Gasteiger partial charge in [-0.3, -0.25) is 0 Å². The van der Waals surface area contributed by atoms with Crippen molar-refractivity contribution in [2.75, 3.05) is 11.4 Å². The third-order valence-corrected chi connectivity index (χ3v) is 10.2. The molecule has 3 aromatic carbocycles. The molecular formula is C34H35N2S2+. The summed E-state index contributed by atoms with van der Waals surface area (Å²) in [4.78, 5) is 3.81. The summed E-state index contributed by atoms with van der Waals surface area (Å²) in [6.45, 7) is 7.74. The van der Waals surface area contributed by atoms with Crippen molar-refractivity contribution in [1.29, 1.82) is 0 Å². The molecule has 0 saturated heterocycles. The summed E-state index contributed by atoms with van der Waals surface area (Å²) in [5, 5.41) is 5.24. The maximum Gasteiger partial charge on any atom is 0.262 e. The Morgan fingerprint density at radius 1 is 0.921 bits per heavy atom. The molecule has 0 spiro atoms. The number of thiazole rings is 1. The van der Waals surface area contributed by atoms with Crippen LogP contribution in [0, 0.1) is 6.92 Å². The number of benzene rings is 3. The van der Waals surface area contributed by atoms with Gasteiger partial charge in [0.1, 0.15) is 11.7 Å². The van der Waals surface area contributed by atoms with E-state index in [1.807, 2.05) is 23.1 Å². The van der Waals surface area contributed by atoms with E-state index in [1.54, 1.807) is 0 Å².